The number of nitrogens with zero attached hydrogens (tertiary/aromatic N) is 1. The monoisotopic (exact) mass is 551 g/mol. The van der Waals surface area contributed by atoms with Crippen LogP contribution in [0.15, 0.2) is 0 Å². The second-order valence-corrected chi connectivity index (χ2v) is 15.1. The molecule has 3 saturated heterocycles. The second-order valence-electron chi connectivity index (χ2n) is 13.3. The largest absolute Gasteiger partial charge is 0.365 e. The van der Waals surface area contributed by atoms with Gasteiger partial charge in [-0.3, -0.25) is 9.59 Å². The second kappa shape index (κ2) is 10.6. The predicted octanol–water partition coefficient (Wildman–Crippen LogP) is 0.875. The third-order valence-corrected chi connectivity index (χ3v) is 12.7. The third kappa shape index (κ3) is 4.92. The zero-order valence-corrected chi connectivity index (χ0v) is 23.6. The summed E-state index contributed by atoms with van der Waals surface area (Å²) in [7, 11) is -3.47. The molecule has 0 aromatic heterocycles. The van der Waals surface area contributed by atoms with E-state index in [1.165, 1.54) is 32.2 Å². The number of nitrogens with one attached hydrogen (secondary N) is 1. The molecule has 3 aliphatic carbocycles. The first-order valence-electron chi connectivity index (χ1n) is 15.3. The number of ether oxygens (including phenoxy) is 1. The lowest BCUT2D eigenvalue weighted by Crippen LogP contribution is -2.98. The minimum atomic E-state index is -3.47. The van der Waals surface area contributed by atoms with Crippen LogP contribution in [0.1, 0.15) is 84.0 Å². The summed E-state index contributed by atoms with van der Waals surface area (Å²) in [5.74, 6) is 2.52. The minimum absolute atomic E-state index is 0.0605. The molecule has 9 nitrogen and oxygen atoms in total. The maximum Gasteiger partial charge on any atom is 0.248 e. The van der Waals surface area contributed by atoms with E-state index in [9.17, 15) is 18.0 Å². The Labute approximate surface area is 227 Å². The van der Waals surface area contributed by atoms with Crippen LogP contribution in [0, 0.1) is 29.6 Å². The topological polar surface area (TPSA) is 135 Å². The van der Waals surface area contributed by atoms with Gasteiger partial charge in [0.05, 0.1) is 23.9 Å². The molecule has 6 rings (SSSR count). The molecular formula is C28H47N4O5S+. The Balaban J connectivity index is 1.03. The smallest absolute Gasteiger partial charge is 0.248 e. The van der Waals surface area contributed by atoms with Crippen LogP contribution in [0.3, 0.4) is 0 Å². The van der Waals surface area contributed by atoms with Crippen LogP contribution in [-0.2, 0) is 24.3 Å². The van der Waals surface area contributed by atoms with Crippen LogP contribution < -0.4 is 15.8 Å². The molecule has 6 aliphatic rings. The Morgan fingerprint density at radius 3 is 2.58 bits per heavy atom. The number of nitrogens with two attached hydrogens (primary N) is 2. The van der Waals surface area contributed by atoms with E-state index in [1.54, 1.807) is 0 Å². The summed E-state index contributed by atoms with van der Waals surface area (Å²) in [6.45, 7) is 3.57. The van der Waals surface area contributed by atoms with E-state index in [0.717, 1.165) is 38.5 Å². The van der Waals surface area contributed by atoms with Gasteiger partial charge in [0.25, 0.3) is 0 Å². The molecule has 3 aliphatic heterocycles. The zero-order valence-electron chi connectivity index (χ0n) is 22.8. The van der Waals surface area contributed by atoms with Gasteiger partial charge in [0, 0.05) is 30.8 Å². The zero-order chi connectivity index (χ0) is 26.6. The van der Waals surface area contributed by atoms with Gasteiger partial charge < -0.3 is 20.3 Å². The van der Waals surface area contributed by atoms with Crippen molar-refractivity contribution in [2.45, 2.75) is 120 Å². The highest BCUT2D eigenvalue weighted by Gasteiger charge is 2.63. The predicted molar refractivity (Wildman–Crippen MR) is 142 cm³/mol. The molecule has 38 heavy (non-hydrogen) atoms. The van der Waals surface area contributed by atoms with Gasteiger partial charge in [-0.1, -0.05) is 12.8 Å². The summed E-state index contributed by atoms with van der Waals surface area (Å²) in [5.41, 5.74) is 0. The van der Waals surface area contributed by atoms with Gasteiger partial charge >= 0.3 is 0 Å². The number of quaternary nitrogens is 1. The van der Waals surface area contributed by atoms with E-state index in [2.05, 4.69) is 15.5 Å². The Morgan fingerprint density at radius 1 is 1.05 bits per heavy atom. The molecule has 3 saturated carbocycles. The van der Waals surface area contributed by atoms with Crippen LogP contribution in [-0.4, -0.2) is 73.8 Å². The van der Waals surface area contributed by atoms with Crippen molar-refractivity contribution in [1.29, 1.82) is 0 Å². The molecule has 10 heteroatoms. The molecule has 8 unspecified atom stereocenters. The summed E-state index contributed by atoms with van der Waals surface area (Å²) in [6, 6.07) is 1.33. The number of piperidine rings is 2. The molecule has 0 aromatic carbocycles. The molecule has 3 heterocycles. The Bertz CT molecular complexity index is 1010. The molecule has 214 valence electrons. The quantitative estimate of drug-likeness (QED) is 0.450. The number of rotatable bonds is 6. The van der Waals surface area contributed by atoms with E-state index in [0.29, 0.717) is 61.2 Å². The maximum absolute atomic E-state index is 13.7. The van der Waals surface area contributed by atoms with Gasteiger partial charge in [0.15, 0.2) is 0 Å². The van der Waals surface area contributed by atoms with E-state index in [1.807, 2.05) is 6.92 Å². The number of hydrogen-bond donors (Lipinski definition) is 3. The van der Waals surface area contributed by atoms with Crippen molar-refractivity contribution in [2.24, 2.45) is 34.7 Å². The van der Waals surface area contributed by atoms with Crippen LogP contribution in [0.4, 0.5) is 0 Å². The van der Waals surface area contributed by atoms with Gasteiger partial charge in [-0.25, -0.2) is 13.6 Å². The Hall–Kier alpha value is -1.23. The fourth-order valence-electron chi connectivity index (χ4n) is 9.50. The van der Waals surface area contributed by atoms with E-state index >= 15 is 0 Å². The highest BCUT2D eigenvalue weighted by Crippen LogP contribution is 2.53. The van der Waals surface area contributed by atoms with Gasteiger partial charge in [-0.15, -0.1) is 0 Å². The number of carbonyl (C=O) groups excluding carboxylic acids is 2. The van der Waals surface area contributed by atoms with Crippen molar-refractivity contribution >= 4 is 21.8 Å². The van der Waals surface area contributed by atoms with Gasteiger partial charge in [-0.2, -0.15) is 0 Å². The lowest BCUT2D eigenvalue weighted by molar-refractivity contribution is -0.713. The van der Waals surface area contributed by atoms with Gasteiger partial charge in [-0.05, 0) is 82.5 Å². The van der Waals surface area contributed by atoms with Crippen molar-refractivity contribution in [1.82, 2.24) is 10.2 Å². The summed E-state index contributed by atoms with van der Waals surface area (Å²) < 4.78 is 29.5. The van der Waals surface area contributed by atoms with Crippen molar-refractivity contribution in [3.8, 4) is 0 Å². The van der Waals surface area contributed by atoms with E-state index in [4.69, 9.17) is 9.88 Å². The molecular weight excluding hydrogens is 504 g/mol. The van der Waals surface area contributed by atoms with Crippen molar-refractivity contribution in [2.75, 3.05) is 13.1 Å². The van der Waals surface area contributed by atoms with Gasteiger partial charge in [0.1, 0.15) is 12.1 Å². The molecule has 6 fully saturated rings. The molecule has 9 atom stereocenters. The molecule has 0 bridgehead atoms. The average Bonchev–Trinajstić information content (AvgIpc) is 3.25. The molecule has 2 amide bonds. The number of fused-ring (bicyclic) bond motifs is 5. The summed E-state index contributed by atoms with van der Waals surface area (Å²) in [6.07, 6.45) is 11.0. The third-order valence-electron chi connectivity index (χ3n) is 11.3. The number of amides is 2. The van der Waals surface area contributed by atoms with Crippen molar-refractivity contribution < 1.29 is 28.1 Å². The van der Waals surface area contributed by atoms with E-state index < -0.39 is 21.4 Å². The van der Waals surface area contributed by atoms with Crippen molar-refractivity contribution in [3.63, 3.8) is 0 Å². The lowest BCUT2D eigenvalue weighted by Gasteiger charge is -2.50. The molecule has 0 spiro atoms. The molecule has 0 aromatic rings. The number of carbonyl (C=O) groups is 2. The molecule has 5 N–H and O–H groups in total. The van der Waals surface area contributed by atoms with Crippen LogP contribution in [0.5, 0.6) is 0 Å². The SMILES string of the molecule is C[C@H](OC1CCC2C(C1)C1CC[NH2+]C3C4CCCCC4C(=O)N2C13)C(=O)NCC1CCC(S(N)(=O)=O)CC1. The maximum atomic E-state index is 13.7. The Morgan fingerprint density at radius 2 is 1.82 bits per heavy atom. The standard InChI is InChI=1S/C28H46N4O5S/c1-16(27(33)31-15-17-6-9-19(10-7-17)38(29,35)36)37-18-8-11-24-23(14-18)21-12-13-30-25-20-4-2-3-5-22(20)28(34)32(24)26(21)25/h16-26,30H,2-15H2,1H3,(H,31,33)(H2,29,35,36)/p+1/t16-,17?,18?,19?,20?,21?,22?,23?,24?,25?,26?/m0/s1. The highest BCUT2D eigenvalue weighted by molar-refractivity contribution is 7.89. The fourth-order valence-corrected chi connectivity index (χ4v) is 10.4. The number of hydrogen-bond acceptors (Lipinski definition) is 5. The van der Waals surface area contributed by atoms with Crippen LogP contribution in [0.2, 0.25) is 0 Å². The highest BCUT2D eigenvalue weighted by atomic mass is 32.2. The van der Waals surface area contributed by atoms with E-state index in [-0.39, 0.29) is 23.8 Å². The molecule has 0 radical (unpaired) electrons. The minimum Gasteiger partial charge on any atom is -0.365 e. The number of primary sulfonamides is 1. The fraction of sp³-hybridized carbons (Fsp3) is 0.929. The van der Waals surface area contributed by atoms with Crippen molar-refractivity contribution in [3.05, 3.63) is 0 Å². The normalized spacial score (nSPS) is 43.5. The average molecular weight is 552 g/mol. The van der Waals surface area contributed by atoms with Crippen LogP contribution in [0.25, 0.3) is 0 Å². The van der Waals surface area contributed by atoms with Gasteiger partial charge in [0.2, 0.25) is 21.8 Å². The Kier molecular flexibility index (Phi) is 7.55. The van der Waals surface area contributed by atoms with Crippen LogP contribution >= 0.6 is 0 Å². The lowest BCUT2D eigenvalue weighted by atomic mass is 9.66. The summed E-state index contributed by atoms with van der Waals surface area (Å²) in [5, 5.41) is 10.5. The summed E-state index contributed by atoms with van der Waals surface area (Å²) >= 11 is 0. The first-order chi connectivity index (χ1) is 18.2. The number of sulfonamides is 1. The summed E-state index contributed by atoms with van der Waals surface area (Å²) in [4.78, 5) is 29.0. The first kappa shape index (κ1) is 27.0. The first-order valence-corrected chi connectivity index (χ1v) is 16.9.